The third-order valence-corrected chi connectivity index (χ3v) is 7.07. The van der Waals surface area contributed by atoms with E-state index in [0.29, 0.717) is 31.8 Å². The molecule has 0 N–H and O–H groups in total. The molecule has 12 heteroatoms. The molecule has 1 aliphatic heterocycles. The van der Waals surface area contributed by atoms with Gasteiger partial charge in [-0.15, -0.1) is 0 Å². The van der Waals surface area contributed by atoms with Crippen LogP contribution < -0.4 is 19.4 Å². The maximum Gasteiger partial charge on any atom is 0.534 e. The van der Waals surface area contributed by atoms with Crippen molar-refractivity contribution in [3.8, 4) is 11.5 Å². The van der Waals surface area contributed by atoms with Gasteiger partial charge in [0.25, 0.3) is 5.56 Å². The van der Waals surface area contributed by atoms with Gasteiger partial charge in [0.2, 0.25) is 0 Å². The molecular weight excluding hydrogens is 501 g/mol. The summed E-state index contributed by atoms with van der Waals surface area (Å²) in [6.07, 6.45) is 0.492. The summed E-state index contributed by atoms with van der Waals surface area (Å²) in [6.45, 7) is 2.80. The van der Waals surface area contributed by atoms with Crippen LogP contribution in [0.2, 0.25) is 0 Å². The van der Waals surface area contributed by atoms with Crippen LogP contribution in [-0.4, -0.2) is 44.8 Å². The molecule has 4 rings (SSSR count). The first kappa shape index (κ1) is 25.8. The van der Waals surface area contributed by atoms with Crippen molar-refractivity contribution >= 4 is 26.7 Å². The Balaban J connectivity index is 1.62. The molecule has 8 nitrogen and oxygen atoms in total. The standard InChI is InChI=1S/C24H25F3N2O6S/c1-15-10-20-21(28(2)23(15)30)11-17(12-22(20)35-36(31,32)24(25,26)27)29-9-8-19(13-29)34-14-16-4-6-18(33-3)7-5-16/h4-7,10-12,19H,8-9,13-14H2,1-3H3/t19-/m1/s1. The fourth-order valence-electron chi connectivity index (χ4n) is 4.12. The summed E-state index contributed by atoms with van der Waals surface area (Å²) in [5.74, 6) is 0.235. The SMILES string of the molecule is COc1ccc(CO[C@@H]2CCN(c3cc(OS(=O)(=O)C(F)(F)F)c4cc(C)c(=O)n(C)c4c3)C2)cc1. The zero-order valence-electron chi connectivity index (χ0n) is 19.8. The van der Waals surface area contributed by atoms with E-state index in [0.717, 1.165) is 11.3 Å². The lowest BCUT2D eigenvalue weighted by atomic mass is 10.1. The Morgan fingerprint density at radius 2 is 1.81 bits per heavy atom. The Kier molecular flexibility index (Phi) is 6.93. The van der Waals surface area contributed by atoms with Crippen molar-refractivity contribution in [1.82, 2.24) is 4.57 Å². The number of ether oxygens (including phenoxy) is 2. The lowest BCUT2D eigenvalue weighted by Gasteiger charge is -2.22. The molecule has 2 heterocycles. The number of pyridine rings is 1. The van der Waals surface area contributed by atoms with Crippen LogP contribution in [0.3, 0.4) is 0 Å². The van der Waals surface area contributed by atoms with E-state index < -0.39 is 21.4 Å². The smallest absolute Gasteiger partial charge is 0.497 e. The molecule has 3 aromatic rings. The molecule has 1 fully saturated rings. The van der Waals surface area contributed by atoms with Crippen LogP contribution in [0.5, 0.6) is 11.5 Å². The van der Waals surface area contributed by atoms with Gasteiger partial charge in [-0.3, -0.25) is 4.79 Å². The number of methoxy groups -OCH3 is 1. The van der Waals surface area contributed by atoms with E-state index in [1.807, 2.05) is 29.2 Å². The van der Waals surface area contributed by atoms with Gasteiger partial charge >= 0.3 is 15.6 Å². The second-order valence-corrected chi connectivity index (χ2v) is 10.1. The Bertz CT molecular complexity index is 1440. The zero-order valence-corrected chi connectivity index (χ0v) is 20.6. The molecule has 0 spiro atoms. The molecule has 2 aromatic carbocycles. The zero-order chi connectivity index (χ0) is 26.3. The predicted molar refractivity (Wildman–Crippen MR) is 128 cm³/mol. The third-order valence-electron chi connectivity index (χ3n) is 6.11. The molecule has 1 aliphatic rings. The van der Waals surface area contributed by atoms with Crippen LogP contribution in [0, 0.1) is 6.92 Å². The fraction of sp³-hybridized carbons (Fsp3) is 0.375. The van der Waals surface area contributed by atoms with Gasteiger partial charge in [-0.1, -0.05) is 12.1 Å². The van der Waals surface area contributed by atoms with Gasteiger partial charge in [0.05, 0.1) is 25.3 Å². The average Bonchev–Trinajstić information content (AvgIpc) is 3.30. The molecule has 1 atom stereocenters. The normalized spacial score (nSPS) is 16.5. The Morgan fingerprint density at radius 3 is 2.44 bits per heavy atom. The quantitative estimate of drug-likeness (QED) is 0.341. The highest BCUT2D eigenvalue weighted by Crippen LogP contribution is 2.36. The van der Waals surface area contributed by atoms with Crippen molar-refractivity contribution in [2.45, 2.75) is 31.6 Å². The number of halogens is 3. The van der Waals surface area contributed by atoms with Crippen LogP contribution in [0.15, 0.2) is 47.3 Å². The van der Waals surface area contributed by atoms with Gasteiger partial charge in [0.15, 0.2) is 5.75 Å². The van der Waals surface area contributed by atoms with E-state index >= 15 is 0 Å². The number of hydrogen-bond donors (Lipinski definition) is 0. The Hall–Kier alpha value is -3.25. The second-order valence-electron chi connectivity index (χ2n) is 8.57. The summed E-state index contributed by atoms with van der Waals surface area (Å²) < 4.78 is 79.7. The van der Waals surface area contributed by atoms with Gasteiger partial charge in [-0.2, -0.15) is 21.6 Å². The summed E-state index contributed by atoms with van der Waals surface area (Å²) in [7, 11) is -2.86. The van der Waals surface area contributed by atoms with Gasteiger partial charge in [0, 0.05) is 42.8 Å². The molecule has 0 unspecified atom stereocenters. The maximum absolute atomic E-state index is 13.1. The highest BCUT2D eigenvalue weighted by atomic mass is 32.2. The Labute approximate surface area is 205 Å². The number of rotatable bonds is 7. The van der Waals surface area contributed by atoms with Crippen molar-refractivity contribution in [1.29, 1.82) is 0 Å². The molecule has 0 amide bonds. The largest absolute Gasteiger partial charge is 0.534 e. The van der Waals surface area contributed by atoms with Crippen molar-refractivity contribution in [2.24, 2.45) is 7.05 Å². The number of aryl methyl sites for hydroxylation is 2. The monoisotopic (exact) mass is 526 g/mol. The summed E-state index contributed by atoms with van der Waals surface area (Å²) in [6, 6.07) is 11.7. The third kappa shape index (κ3) is 5.14. The predicted octanol–water partition coefficient (Wildman–Crippen LogP) is 3.88. The number of alkyl halides is 3. The number of hydrogen-bond acceptors (Lipinski definition) is 7. The highest BCUT2D eigenvalue weighted by Gasteiger charge is 2.49. The summed E-state index contributed by atoms with van der Waals surface area (Å²) >= 11 is 0. The molecule has 0 bridgehead atoms. The first-order valence-corrected chi connectivity index (χ1v) is 12.4. The maximum atomic E-state index is 13.1. The molecular formula is C24H25F3N2O6S. The lowest BCUT2D eigenvalue weighted by molar-refractivity contribution is -0.0499. The molecule has 0 radical (unpaired) electrons. The molecule has 0 saturated carbocycles. The van der Waals surface area contributed by atoms with E-state index in [1.54, 1.807) is 13.2 Å². The molecule has 194 valence electrons. The molecule has 1 aromatic heterocycles. The summed E-state index contributed by atoms with van der Waals surface area (Å²) in [5, 5.41) is 0.0812. The Morgan fingerprint density at radius 1 is 1.11 bits per heavy atom. The highest BCUT2D eigenvalue weighted by molar-refractivity contribution is 7.88. The van der Waals surface area contributed by atoms with Gasteiger partial charge in [-0.25, -0.2) is 0 Å². The number of nitrogens with zero attached hydrogens (tertiary/aromatic N) is 2. The van der Waals surface area contributed by atoms with Gasteiger partial charge < -0.3 is 23.1 Å². The van der Waals surface area contributed by atoms with Crippen LogP contribution >= 0.6 is 0 Å². The van der Waals surface area contributed by atoms with Crippen molar-refractivity contribution < 1.29 is 35.2 Å². The number of benzene rings is 2. The molecule has 0 aliphatic carbocycles. The summed E-state index contributed by atoms with van der Waals surface area (Å²) in [5.41, 5.74) is -4.09. The van der Waals surface area contributed by atoms with Crippen LogP contribution in [0.25, 0.3) is 10.9 Å². The van der Waals surface area contributed by atoms with Crippen molar-refractivity contribution in [3.05, 3.63) is 63.9 Å². The van der Waals surface area contributed by atoms with Crippen LogP contribution in [0.1, 0.15) is 17.5 Å². The summed E-state index contributed by atoms with van der Waals surface area (Å²) in [4.78, 5) is 14.3. The second kappa shape index (κ2) is 9.66. The van der Waals surface area contributed by atoms with E-state index in [4.69, 9.17) is 9.47 Å². The number of fused-ring (bicyclic) bond motifs is 1. The topological polar surface area (TPSA) is 87.1 Å². The molecule has 36 heavy (non-hydrogen) atoms. The molecule has 1 saturated heterocycles. The minimum atomic E-state index is -5.91. The minimum absolute atomic E-state index is 0.0812. The van der Waals surface area contributed by atoms with Crippen LogP contribution in [-0.2, 0) is 28.5 Å². The lowest BCUT2D eigenvalue weighted by Crippen LogP contribution is -2.29. The van der Waals surface area contributed by atoms with Gasteiger partial charge in [-0.05, 0) is 43.2 Å². The van der Waals surface area contributed by atoms with Gasteiger partial charge in [0.1, 0.15) is 5.75 Å². The first-order valence-electron chi connectivity index (χ1n) is 11.0. The van der Waals surface area contributed by atoms with E-state index in [-0.39, 0.29) is 28.1 Å². The van der Waals surface area contributed by atoms with Crippen molar-refractivity contribution in [2.75, 3.05) is 25.1 Å². The number of anilines is 1. The van der Waals surface area contributed by atoms with E-state index in [9.17, 15) is 26.4 Å². The average molecular weight is 527 g/mol. The van der Waals surface area contributed by atoms with Crippen molar-refractivity contribution in [3.63, 3.8) is 0 Å². The van der Waals surface area contributed by atoms with Crippen LogP contribution in [0.4, 0.5) is 18.9 Å². The number of aromatic nitrogens is 1. The minimum Gasteiger partial charge on any atom is -0.497 e. The first-order chi connectivity index (χ1) is 16.9. The van der Waals surface area contributed by atoms with E-state index in [1.165, 1.54) is 30.7 Å². The van der Waals surface area contributed by atoms with E-state index in [2.05, 4.69) is 4.18 Å². The fourth-order valence-corrected chi connectivity index (χ4v) is 4.59.